The van der Waals surface area contributed by atoms with Gasteiger partial charge in [0, 0.05) is 0 Å². The van der Waals surface area contributed by atoms with E-state index in [0.717, 1.165) is 18.4 Å². The Labute approximate surface area is 136 Å². The molecule has 126 valence electrons. The Kier molecular flexibility index (Phi) is 7.19. The van der Waals surface area contributed by atoms with Crippen LogP contribution in [0.25, 0.3) is 0 Å². The van der Waals surface area contributed by atoms with Crippen LogP contribution in [0, 0.1) is 0 Å². The van der Waals surface area contributed by atoms with Gasteiger partial charge in [0.25, 0.3) is 0 Å². The Morgan fingerprint density at radius 3 is 2.26 bits per heavy atom. The van der Waals surface area contributed by atoms with E-state index < -0.39 is 5.97 Å². The molecule has 2 N–H and O–H groups in total. The minimum atomic E-state index is -0.642. The van der Waals surface area contributed by atoms with Gasteiger partial charge in [0.2, 0.25) is 5.75 Å². The van der Waals surface area contributed by atoms with Gasteiger partial charge in [-0.3, -0.25) is 0 Å². The summed E-state index contributed by atoms with van der Waals surface area (Å²) in [4.78, 5) is 11.4. The fourth-order valence-electron chi connectivity index (χ4n) is 1.94. The maximum absolute atomic E-state index is 11.4. The van der Waals surface area contributed by atoms with Gasteiger partial charge in [-0.25, -0.2) is 4.79 Å². The van der Waals surface area contributed by atoms with Gasteiger partial charge in [-0.15, -0.1) is 0 Å². The van der Waals surface area contributed by atoms with Crippen molar-refractivity contribution in [3.05, 3.63) is 41.0 Å². The lowest BCUT2D eigenvalue weighted by Gasteiger charge is -2.10. The Hall–Kier alpha value is -2.43. The lowest BCUT2D eigenvalue weighted by molar-refractivity contribution is 0.0599. The SMILES string of the molecule is COC(=O)c1cc(O)c(OC/C=C(\C)CCC=C(C)C)c(O)c1. The molecule has 0 fully saturated rings. The van der Waals surface area contributed by atoms with Crippen molar-refractivity contribution in [1.29, 1.82) is 0 Å². The highest BCUT2D eigenvalue weighted by molar-refractivity contribution is 5.91. The van der Waals surface area contributed by atoms with Crippen molar-refractivity contribution in [1.82, 2.24) is 0 Å². The molecule has 0 bridgehead atoms. The summed E-state index contributed by atoms with van der Waals surface area (Å²) in [5.74, 6) is -1.30. The van der Waals surface area contributed by atoms with Crippen LogP contribution in [0.2, 0.25) is 0 Å². The first-order valence-corrected chi connectivity index (χ1v) is 7.41. The van der Waals surface area contributed by atoms with Gasteiger partial charge in [0.15, 0.2) is 11.5 Å². The molecular formula is C18H24O5. The molecule has 0 unspecified atom stereocenters. The van der Waals surface area contributed by atoms with Crippen LogP contribution in [-0.2, 0) is 4.74 Å². The van der Waals surface area contributed by atoms with E-state index >= 15 is 0 Å². The second-order valence-corrected chi connectivity index (χ2v) is 5.52. The molecule has 0 aliphatic carbocycles. The number of rotatable bonds is 7. The summed E-state index contributed by atoms with van der Waals surface area (Å²) in [5, 5.41) is 19.7. The average Bonchev–Trinajstić information content (AvgIpc) is 2.48. The topological polar surface area (TPSA) is 76.0 Å². The van der Waals surface area contributed by atoms with Crippen molar-refractivity contribution in [3.63, 3.8) is 0 Å². The van der Waals surface area contributed by atoms with Gasteiger partial charge in [-0.2, -0.15) is 0 Å². The number of carbonyl (C=O) groups is 1. The van der Waals surface area contributed by atoms with E-state index in [1.54, 1.807) is 0 Å². The summed E-state index contributed by atoms with van der Waals surface area (Å²) in [6, 6.07) is 2.40. The number of allylic oxidation sites excluding steroid dienone is 3. The maximum Gasteiger partial charge on any atom is 0.338 e. The highest BCUT2D eigenvalue weighted by atomic mass is 16.5. The van der Waals surface area contributed by atoms with Gasteiger partial charge in [-0.05, 0) is 51.8 Å². The first-order chi connectivity index (χ1) is 10.8. The number of hydrogen-bond donors (Lipinski definition) is 2. The summed E-state index contributed by atoms with van der Waals surface area (Å²) >= 11 is 0. The van der Waals surface area contributed by atoms with Gasteiger partial charge in [-0.1, -0.05) is 17.2 Å². The number of phenols is 2. The van der Waals surface area contributed by atoms with E-state index in [0.29, 0.717) is 0 Å². The summed E-state index contributed by atoms with van der Waals surface area (Å²) < 4.78 is 9.93. The molecule has 0 atom stereocenters. The number of aromatic hydroxyl groups is 2. The molecule has 0 heterocycles. The molecule has 0 saturated carbocycles. The van der Waals surface area contributed by atoms with Crippen LogP contribution in [0.4, 0.5) is 0 Å². The largest absolute Gasteiger partial charge is 0.504 e. The highest BCUT2D eigenvalue weighted by Gasteiger charge is 2.15. The molecular weight excluding hydrogens is 296 g/mol. The molecule has 0 spiro atoms. The van der Waals surface area contributed by atoms with Crippen molar-refractivity contribution in [2.75, 3.05) is 13.7 Å². The van der Waals surface area contributed by atoms with Crippen LogP contribution in [-0.4, -0.2) is 29.9 Å². The predicted molar refractivity (Wildman–Crippen MR) is 89.0 cm³/mol. The van der Waals surface area contributed by atoms with Crippen LogP contribution in [0.3, 0.4) is 0 Å². The Bertz CT molecular complexity index is 587. The zero-order chi connectivity index (χ0) is 17.4. The van der Waals surface area contributed by atoms with Gasteiger partial charge < -0.3 is 19.7 Å². The Morgan fingerprint density at radius 2 is 1.74 bits per heavy atom. The molecule has 0 amide bonds. The van der Waals surface area contributed by atoms with Crippen LogP contribution in [0.5, 0.6) is 17.2 Å². The van der Waals surface area contributed by atoms with E-state index in [2.05, 4.69) is 24.7 Å². The molecule has 23 heavy (non-hydrogen) atoms. The highest BCUT2D eigenvalue weighted by Crippen LogP contribution is 2.37. The fraction of sp³-hybridized carbons (Fsp3) is 0.389. The number of ether oxygens (including phenoxy) is 2. The zero-order valence-corrected chi connectivity index (χ0v) is 14.0. The van der Waals surface area contributed by atoms with Crippen LogP contribution >= 0.6 is 0 Å². The minimum Gasteiger partial charge on any atom is -0.504 e. The summed E-state index contributed by atoms with van der Waals surface area (Å²) in [7, 11) is 1.23. The first-order valence-electron chi connectivity index (χ1n) is 7.41. The molecule has 0 aromatic heterocycles. The molecule has 5 heteroatoms. The van der Waals surface area contributed by atoms with Crippen molar-refractivity contribution in [3.8, 4) is 17.2 Å². The molecule has 0 aliphatic rings. The lowest BCUT2D eigenvalue weighted by Crippen LogP contribution is -2.02. The third kappa shape index (κ3) is 6.06. The zero-order valence-electron chi connectivity index (χ0n) is 14.0. The normalized spacial score (nSPS) is 11.0. The van der Waals surface area contributed by atoms with E-state index in [-0.39, 0.29) is 29.4 Å². The Morgan fingerprint density at radius 1 is 1.13 bits per heavy atom. The second kappa shape index (κ2) is 8.88. The van der Waals surface area contributed by atoms with E-state index in [9.17, 15) is 15.0 Å². The average molecular weight is 320 g/mol. The van der Waals surface area contributed by atoms with E-state index in [4.69, 9.17) is 4.74 Å². The third-order valence-corrected chi connectivity index (χ3v) is 3.22. The first kappa shape index (κ1) is 18.6. The molecule has 0 aliphatic heterocycles. The van der Waals surface area contributed by atoms with Crippen LogP contribution in [0.15, 0.2) is 35.4 Å². The summed E-state index contributed by atoms with van der Waals surface area (Å²) in [6.07, 6.45) is 5.95. The van der Waals surface area contributed by atoms with Crippen LogP contribution in [0.1, 0.15) is 44.0 Å². The summed E-state index contributed by atoms with van der Waals surface area (Å²) in [5.41, 5.74) is 2.51. The predicted octanol–water partition coefficient (Wildman–Crippen LogP) is 3.96. The number of methoxy groups -OCH3 is 1. The molecule has 1 aromatic rings. The number of carbonyl (C=O) groups excluding carboxylic acids is 1. The molecule has 5 nitrogen and oxygen atoms in total. The monoisotopic (exact) mass is 320 g/mol. The van der Waals surface area contributed by atoms with E-state index in [1.165, 1.54) is 24.8 Å². The maximum atomic E-state index is 11.4. The quantitative estimate of drug-likeness (QED) is 0.587. The molecule has 0 radical (unpaired) electrons. The number of phenolic OH excluding ortho intramolecular Hbond substituents is 2. The Balaban J connectivity index is 2.68. The second-order valence-electron chi connectivity index (χ2n) is 5.52. The van der Waals surface area contributed by atoms with Crippen molar-refractivity contribution in [2.45, 2.75) is 33.6 Å². The molecule has 0 saturated heterocycles. The number of benzene rings is 1. The van der Waals surface area contributed by atoms with E-state index in [1.807, 2.05) is 13.0 Å². The van der Waals surface area contributed by atoms with Gasteiger partial charge >= 0.3 is 5.97 Å². The standard InChI is InChI=1S/C18H24O5/c1-12(2)6-5-7-13(3)8-9-23-17-15(19)10-14(11-16(17)20)18(21)22-4/h6,8,10-11,19-20H,5,7,9H2,1-4H3/b13-8+. The molecule has 1 rings (SSSR count). The fourth-order valence-corrected chi connectivity index (χ4v) is 1.94. The smallest absolute Gasteiger partial charge is 0.338 e. The van der Waals surface area contributed by atoms with Crippen molar-refractivity contribution in [2.24, 2.45) is 0 Å². The van der Waals surface area contributed by atoms with Crippen molar-refractivity contribution < 1.29 is 24.5 Å². The minimum absolute atomic E-state index is 0.0500. The van der Waals surface area contributed by atoms with Gasteiger partial charge in [0.05, 0.1) is 12.7 Å². The molecule has 1 aromatic carbocycles. The number of esters is 1. The van der Waals surface area contributed by atoms with Crippen molar-refractivity contribution >= 4 is 5.97 Å². The van der Waals surface area contributed by atoms with Gasteiger partial charge in [0.1, 0.15) is 6.61 Å². The lowest BCUT2D eigenvalue weighted by atomic mass is 10.1. The number of hydrogen-bond acceptors (Lipinski definition) is 5. The summed E-state index contributed by atoms with van der Waals surface area (Å²) in [6.45, 7) is 6.35. The third-order valence-electron chi connectivity index (χ3n) is 3.22. The van der Waals surface area contributed by atoms with Crippen LogP contribution < -0.4 is 4.74 Å².